The van der Waals surface area contributed by atoms with E-state index in [1.54, 1.807) is 20.8 Å². The standard InChI is InChI=1S/C42H49NO10/c1-42(2,3)53-41(46)43-34(39(45)50-27-33-22-14-7-15-23-33)28-51-40-36(44)38(49-26-32-20-12-6-13-21-32)37(48-25-31-18-10-5-11-19-31)35(52-40)29-47-24-30-16-8-4-9-17-30/h4-23,34-38,40,44H,24-29H2,1-3H3,(H,43,46)/t34-,35+,36+,37-,38+,40-/m0/s1. The summed E-state index contributed by atoms with van der Waals surface area (Å²) in [7, 11) is 0. The van der Waals surface area contributed by atoms with Gasteiger partial charge in [0.05, 0.1) is 33.0 Å². The van der Waals surface area contributed by atoms with Crippen LogP contribution in [0.1, 0.15) is 43.0 Å². The van der Waals surface area contributed by atoms with E-state index in [-0.39, 0.29) is 26.4 Å². The molecule has 0 unspecified atom stereocenters. The summed E-state index contributed by atoms with van der Waals surface area (Å²) in [5, 5.41) is 14.4. The SMILES string of the molecule is CC(C)(C)OC(=O)N[C@@H](CO[C@H]1O[C@H](COCc2ccccc2)[C@H](OCc2ccccc2)[C@H](OCc2ccccc2)[C@H]1O)C(=O)OCc1ccccc1. The van der Waals surface area contributed by atoms with Gasteiger partial charge in [-0.1, -0.05) is 121 Å². The molecule has 1 aliphatic rings. The summed E-state index contributed by atoms with van der Waals surface area (Å²) in [6.45, 7) is 5.49. The Morgan fingerprint density at radius 2 is 1.15 bits per heavy atom. The number of esters is 1. The fourth-order valence-corrected chi connectivity index (χ4v) is 5.60. The Morgan fingerprint density at radius 3 is 1.66 bits per heavy atom. The van der Waals surface area contributed by atoms with Crippen LogP contribution in [-0.2, 0) is 64.4 Å². The Hall–Kier alpha value is -4.62. The maximum atomic E-state index is 13.4. The molecule has 0 spiro atoms. The Labute approximate surface area is 311 Å². The van der Waals surface area contributed by atoms with E-state index < -0.39 is 61.0 Å². The first-order valence-corrected chi connectivity index (χ1v) is 17.7. The number of nitrogens with one attached hydrogen (secondary N) is 1. The van der Waals surface area contributed by atoms with E-state index in [0.29, 0.717) is 6.61 Å². The Bertz CT molecular complexity index is 1650. The molecule has 11 heteroatoms. The topological polar surface area (TPSA) is 131 Å². The molecular weight excluding hydrogens is 678 g/mol. The number of carbonyl (C=O) groups excluding carboxylic acids is 2. The van der Waals surface area contributed by atoms with Crippen LogP contribution in [0.4, 0.5) is 4.79 Å². The number of hydrogen-bond acceptors (Lipinski definition) is 10. The van der Waals surface area contributed by atoms with Gasteiger partial charge in [0.25, 0.3) is 0 Å². The minimum Gasteiger partial charge on any atom is -0.459 e. The summed E-state index contributed by atoms with van der Waals surface area (Å²) in [4.78, 5) is 26.2. The van der Waals surface area contributed by atoms with Crippen molar-refractivity contribution in [2.24, 2.45) is 0 Å². The summed E-state index contributed by atoms with van der Waals surface area (Å²) in [6.07, 6.45) is -5.99. The normalized spacial score (nSPS) is 20.6. The van der Waals surface area contributed by atoms with Crippen molar-refractivity contribution in [1.82, 2.24) is 5.32 Å². The van der Waals surface area contributed by atoms with Gasteiger partial charge in [-0.25, -0.2) is 9.59 Å². The summed E-state index contributed by atoms with van der Waals surface area (Å²) in [6, 6.07) is 36.8. The second kappa shape index (κ2) is 20.0. The molecule has 6 atom stereocenters. The van der Waals surface area contributed by atoms with E-state index in [0.717, 1.165) is 22.3 Å². The van der Waals surface area contributed by atoms with E-state index in [1.807, 2.05) is 121 Å². The monoisotopic (exact) mass is 727 g/mol. The van der Waals surface area contributed by atoms with Gasteiger partial charge in [-0.2, -0.15) is 0 Å². The first-order chi connectivity index (χ1) is 25.6. The Morgan fingerprint density at radius 1 is 0.679 bits per heavy atom. The number of amides is 1. The smallest absolute Gasteiger partial charge is 0.408 e. The van der Waals surface area contributed by atoms with Crippen LogP contribution < -0.4 is 5.32 Å². The summed E-state index contributed by atoms with van der Waals surface area (Å²) >= 11 is 0. The zero-order valence-corrected chi connectivity index (χ0v) is 30.4. The molecule has 53 heavy (non-hydrogen) atoms. The van der Waals surface area contributed by atoms with E-state index in [4.69, 9.17) is 33.2 Å². The van der Waals surface area contributed by atoms with Crippen LogP contribution in [0.2, 0.25) is 0 Å². The summed E-state index contributed by atoms with van der Waals surface area (Å²) < 4.78 is 42.4. The molecule has 5 rings (SSSR count). The molecule has 0 aromatic heterocycles. The molecule has 0 aliphatic carbocycles. The van der Waals surface area contributed by atoms with Crippen LogP contribution in [0.15, 0.2) is 121 Å². The number of carbonyl (C=O) groups is 2. The van der Waals surface area contributed by atoms with Crippen molar-refractivity contribution in [1.29, 1.82) is 0 Å². The van der Waals surface area contributed by atoms with Gasteiger partial charge in [0.15, 0.2) is 12.3 Å². The number of aliphatic hydroxyl groups is 1. The number of benzene rings is 4. The maximum Gasteiger partial charge on any atom is 0.408 e. The van der Waals surface area contributed by atoms with Gasteiger partial charge in [-0.3, -0.25) is 0 Å². The maximum absolute atomic E-state index is 13.4. The van der Waals surface area contributed by atoms with Crippen LogP contribution in [0.5, 0.6) is 0 Å². The molecule has 4 aromatic rings. The highest BCUT2D eigenvalue weighted by Gasteiger charge is 2.48. The predicted molar refractivity (Wildman–Crippen MR) is 196 cm³/mol. The largest absolute Gasteiger partial charge is 0.459 e. The van der Waals surface area contributed by atoms with Crippen LogP contribution >= 0.6 is 0 Å². The molecule has 4 aromatic carbocycles. The average Bonchev–Trinajstić information content (AvgIpc) is 3.16. The van der Waals surface area contributed by atoms with Gasteiger partial charge in [-0.15, -0.1) is 0 Å². The van der Waals surface area contributed by atoms with Crippen molar-refractivity contribution in [3.05, 3.63) is 144 Å². The van der Waals surface area contributed by atoms with Crippen LogP contribution in [0.25, 0.3) is 0 Å². The molecule has 2 N–H and O–H groups in total. The first-order valence-electron chi connectivity index (χ1n) is 17.7. The number of ether oxygens (including phenoxy) is 7. The minimum absolute atomic E-state index is 0.0224. The number of aliphatic hydroxyl groups excluding tert-OH is 1. The van der Waals surface area contributed by atoms with Gasteiger partial charge >= 0.3 is 12.1 Å². The zero-order chi connectivity index (χ0) is 37.5. The molecule has 1 heterocycles. The molecule has 1 fully saturated rings. The number of rotatable bonds is 17. The molecule has 0 radical (unpaired) electrons. The second-order valence-corrected chi connectivity index (χ2v) is 13.7. The number of hydrogen-bond donors (Lipinski definition) is 2. The van der Waals surface area contributed by atoms with Crippen LogP contribution in [0, 0.1) is 0 Å². The van der Waals surface area contributed by atoms with Crippen molar-refractivity contribution >= 4 is 12.1 Å². The fourth-order valence-electron chi connectivity index (χ4n) is 5.60. The lowest BCUT2D eigenvalue weighted by molar-refractivity contribution is -0.319. The third kappa shape index (κ3) is 13.1. The van der Waals surface area contributed by atoms with Crippen molar-refractivity contribution in [3.8, 4) is 0 Å². The molecule has 0 bridgehead atoms. The molecule has 0 saturated carbocycles. The van der Waals surface area contributed by atoms with Gasteiger partial charge < -0.3 is 43.6 Å². The van der Waals surface area contributed by atoms with E-state index >= 15 is 0 Å². The van der Waals surface area contributed by atoms with E-state index in [9.17, 15) is 14.7 Å². The van der Waals surface area contributed by atoms with Gasteiger partial charge in [0.2, 0.25) is 0 Å². The Balaban J connectivity index is 1.35. The fraction of sp³-hybridized carbons (Fsp3) is 0.381. The first kappa shape index (κ1) is 39.6. The molecule has 282 valence electrons. The van der Waals surface area contributed by atoms with Gasteiger partial charge in [0.1, 0.15) is 36.6 Å². The zero-order valence-electron chi connectivity index (χ0n) is 30.4. The van der Waals surface area contributed by atoms with Crippen LogP contribution in [0.3, 0.4) is 0 Å². The molecule has 11 nitrogen and oxygen atoms in total. The number of alkyl carbamates (subject to hydrolysis) is 1. The molecule has 1 aliphatic heterocycles. The molecule has 1 saturated heterocycles. The van der Waals surface area contributed by atoms with Crippen molar-refractivity contribution in [2.45, 2.75) is 89.5 Å². The lowest BCUT2D eigenvalue weighted by atomic mass is 9.98. The van der Waals surface area contributed by atoms with Crippen LogP contribution in [-0.4, -0.2) is 72.7 Å². The quantitative estimate of drug-likeness (QED) is 0.123. The lowest BCUT2D eigenvalue weighted by Gasteiger charge is -2.44. The molecular formula is C42H49NO10. The highest BCUT2D eigenvalue weighted by molar-refractivity contribution is 5.81. The predicted octanol–water partition coefficient (Wildman–Crippen LogP) is 6.11. The average molecular weight is 728 g/mol. The summed E-state index contributed by atoms with van der Waals surface area (Å²) in [5.41, 5.74) is 2.74. The lowest BCUT2D eigenvalue weighted by Crippen LogP contribution is -2.61. The summed E-state index contributed by atoms with van der Waals surface area (Å²) in [5.74, 6) is -0.756. The highest BCUT2D eigenvalue weighted by atomic mass is 16.7. The third-order valence-corrected chi connectivity index (χ3v) is 8.21. The Kier molecular flexibility index (Phi) is 14.9. The highest BCUT2D eigenvalue weighted by Crippen LogP contribution is 2.29. The van der Waals surface area contributed by atoms with Crippen molar-refractivity contribution in [2.75, 3.05) is 13.2 Å². The van der Waals surface area contributed by atoms with Crippen molar-refractivity contribution in [3.63, 3.8) is 0 Å². The van der Waals surface area contributed by atoms with Gasteiger partial charge in [0, 0.05) is 0 Å². The molecule has 1 amide bonds. The second-order valence-electron chi connectivity index (χ2n) is 13.7. The third-order valence-electron chi connectivity index (χ3n) is 8.21. The van der Waals surface area contributed by atoms with E-state index in [2.05, 4.69) is 5.32 Å². The minimum atomic E-state index is -1.37. The van der Waals surface area contributed by atoms with E-state index in [1.165, 1.54) is 0 Å². The van der Waals surface area contributed by atoms with Gasteiger partial charge in [-0.05, 0) is 43.0 Å². The van der Waals surface area contributed by atoms with Crippen molar-refractivity contribution < 1.29 is 47.9 Å².